The minimum atomic E-state index is 0.909. The fourth-order valence-electron chi connectivity index (χ4n) is 7.77. The maximum absolute atomic E-state index is 6.74. The Morgan fingerprint density at radius 3 is 1.45 bits per heavy atom. The predicted molar refractivity (Wildman–Crippen MR) is 208 cm³/mol. The van der Waals surface area contributed by atoms with Crippen LogP contribution in [0.4, 0.5) is 0 Å². The largest absolute Gasteiger partial charge is 0.455 e. The van der Waals surface area contributed by atoms with E-state index in [1.807, 2.05) is 0 Å². The number of fused-ring (bicyclic) bond motifs is 6. The van der Waals surface area contributed by atoms with Crippen LogP contribution in [0, 0.1) is 0 Å². The van der Waals surface area contributed by atoms with E-state index in [4.69, 9.17) is 4.42 Å². The molecule has 0 saturated carbocycles. The fraction of sp³-hybridized carbons (Fsp3) is 0. The van der Waals surface area contributed by atoms with Crippen molar-refractivity contribution in [1.29, 1.82) is 0 Å². The van der Waals surface area contributed by atoms with Gasteiger partial charge in [0.1, 0.15) is 11.2 Å². The van der Waals surface area contributed by atoms with Gasteiger partial charge < -0.3 is 4.42 Å². The van der Waals surface area contributed by atoms with Crippen LogP contribution in [-0.4, -0.2) is 0 Å². The molecule has 1 nitrogen and oxygen atoms in total. The standard InChI is InChI=1S/C48H30O/c1-3-14-31(15-4-1)33-20-13-21-36(26-33)46-38-22-9-11-24-40(38)47(41-25-12-10-23-39(41)46)37-28-42(32-16-5-2-6-17-32)48-44(29-37)43-27-34-18-7-8-19-35(34)30-45(43)49-48/h1-30H. The zero-order valence-electron chi connectivity index (χ0n) is 26.7. The van der Waals surface area contributed by atoms with Crippen LogP contribution in [0.3, 0.4) is 0 Å². The van der Waals surface area contributed by atoms with Crippen molar-refractivity contribution in [3.05, 3.63) is 182 Å². The van der Waals surface area contributed by atoms with Crippen molar-refractivity contribution in [1.82, 2.24) is 0 Å². The molecular formula is C48H30O. The van der Waals surface area contributed by atoms with Crippen molar-refractivity contribution in [2.75, 3.05) is 0 Å². The Balaban J connectivity index is 1.30. The summed E-state index contributed by atoms with van der Waals surface area (Å²) in [6.45, 7) is 0. The van der Waals surface area contributed by atoms with Gasteiger partial charge in [-0.3, -0.25) is 0 Å². The van der Waals surface area contributed by atoms with E-state index in [9.17, 15) is 0 Å². The van der Waals surface area contributed by atoms with Gasteiger partial charge in [0.2, 0.25) is 0 Å². The number of hydrogen-bond donors (Lipinski definition) is 0. The summed E-state index contributed by atoms with van der Waals surface area (Å²) < 4.78 is 6.74. The van der Waals surface area contributed by atoms with Gasteiger partial charge in [-0.2, -0.15) is 0 Å². The van der Waals surface area contributed by atoms with Gasteiger partial charge in [0.25, 0.3) is 0 Å². The molecule has 0 unspecified atom stereocenters. The molecule has 10 aromatic rings. The lowest BCUT2D eigenvalue weighted by molar-refractivity contribution is 0.670. The summed E-state index contributed by atoms with van der Waals surface area (Å²) in [6.07, 6.45) is 0. The average molecular weight is 623 g/mol. The molecule has 0 aliphatic rings. The van der Waals surface area contributed by atoms with E-state index in [1.54, 1.807) is 0 Å². The third-order valence-electron chi connectivity index (χ3n) is 10.0. The molecule has 0 atom stereocenters. The molecule has 10 rings (SSSR count). The van der Waals surface area contributed by atoms with E-state index in [0.717, 1.165) is 33.1 Å². The van der Waals surface area contributed by atoms with E-state index in [0.29, 0.717) is 0 Å². The van der Waals surface area contributed by atoms with Crippen molar-refractivity contribution in [2.45, 2.75) is 0 Å². The van der Waals surface area contributed by atoms with Crippen LogP contribution in [0.2, 0.25) is 0 Å². The van der Waals surface area contributed by atoms with Crippen LogP contribution in [0.5, 0.6) is 0 Å². The van der Waals surface area contributed by atoms with E-state index in [-0.39, 0.29) is 0 Å². The summed E-state index contributed by atoms with van der Waals surface area (Å²) in [4.78, 5) is 0. The van der Waals surface area contributed by atoms with Gasteiger partial charge in [-0.15, -0.1) is 0 Å². The van der Waals surface area contributed by atoms with Crippen LogP contribution < -0.4 is 0 Å². The Labute approximate surface area is 284 Å². The van der Waals surface area contributed by atoms with Gasteiger partial charge >= 0.3 is 0 Å². The molecule has 228 valence electrons. The number of rotatable bonds is 4. The van der Waals surface area contributed by atoms with Crippen molar-refractivity contribution in [3.63, 3.8) is 0 Å². The third kappa shape index (κ3) is 4.47. The summed E-state index contributed by atoms with van der Waals surface area (Å²) in [5.41, 5.74) is 11.4. The van der Waals surface area contributed by atoms with Crippen LogP contribution in [0.1, 0.15) is 0 Å². The van der Waals surface area contributed by atoms with Crippen molar-refractivity contribution < 1.29 is 4.42 Å². The Bertz CT molecular complexity index is 2800. The minimum absolute atomic E-state index is 0.909. The Morgan fingerprint density at radius 2 is 0.796 bits per heavy atom. The van der Waals surface area contributed by atoms with Crippen LogP contribution in [0.15, 0.2) is 186 Å². The molecule has 0 radical (unpaired) electrons. The van der Waals surface area contributed by atoms with Gasteiger partial charge in [-0.05, 0) is 102 Å². The Morgan fingerprint density at radius 1 is 0.286 bits per heavy atom. The average Bonchev–Trinajstić information content (AvgIpc) is 3.53. The molecule has 0 amide bonds. The van der Waals surface area contributed by atoms with Crippen LogP contribution in [-0.2, 0) is 0 Å². The van der Waals surface area contributed by atoms with Crippen molar-refractivity contribution in [3.8, 4) is 44.5 Å². The summed E-state index contributed by atoms with van der Waals surface area (Å²) in [6, 6.07) is 65.8. The monoisotopic (exact) mass is 622 g/mol. The van der Waals surface area contributed by atoms with Crippen molar-refractivity contribution in [2.24, 2.45) is 0 Å². The van der Waals surface area contributed by atoms with Crippen molar-refractivity contribution >= 4 is 54.3 Å². The lowest BCUT2D eigenvalue weighted by Crippen LogP contribution is -1.92. The smallest absolute Gasteiger partial charge is 0.143 e. The second kappa shape index (κ2) is 11.1. The highest BCUT2D eigenvalue weighted by molar-refractivity contribution is 6.23. The van der Waals surface area contributed by atoms with Gasteiger partial charge in [-0.1, -0.05) is 152 Å². The fourth-order valence-corrected chi connectivity index (χ4v) is 7.77. The summed E-state index contributed by atoms with van der Waals surface area (Å²) in [5.74, 6) is 0. The summed E-state index contributed by atoms with van der Waals surface area (Å²) >= 11 is 0. The molecule has 9 aromatic carbocycles. The van der Waals surface area contributed by atoms with Gasteiger partial charge in [0.15, 0.2) is 0 Å². The predicted octanol–water partition coefficient (Wildman–Crippen LogP) is 13.7. The second-order valence-electron chi connectivity index (χ2n) is 12.9. The molecule has 0 spiro atoms. The van der Waals surface area contributed by atoms with E-state index in [2.05, 4.69) is 182 Å². The first kappa shape index (κ1) is 27.7. The lowest BCUT2D eigenvalue weighted by Gasteiger charge is -2.19. The molecule has 0 fully saturated rings. The Hall–Kier alpha value is -6.44. The van der Waals surface area contributed by atoms with Crippen LogP contribution >= 0.6 is 0 Å². The molecule has 49 heavy (non-hydrogen) atoms. The molecular weight excluding hydrogens is 593 g/mol. The van der Waals surface area contributed by atoms with Gasteiger partial charge in [0.05, 0.1) is 0 Å². The molecule has 1 aromatic heterocycles. The lowest BCUT2D eigenvalue weighted by atomic mass is 9.84. The van der Waals surface area contributed by atoms with Crippen LogP contribution in [0.25, 0.3) is 98.8 Å². The van der Waals surface area contributed by atoms with E-state index < -0.39 is 0 Å². The third-order valence-corrected chi connectivity index (χ3v) is 10.0. The molecule has 0 saturated heterocycles. The second-order valence-corrected chi connectivity index (χ2v) is 12.9. The Kier molecular flexibility index (Phi) is 6.25. The normalized spacial score (nSPS) is 11.7. The molecule has 1 heteroatoms. The first-order valence-corrected chi connectivity index (χ1v) is 16.8. The molecule has 1 heterocycles. The maximum atomic E-state index is 6.74. The molecule has 0 N–H and O–H groups in total. The van der Waals surface area contributed by atoms with Gasteiger partial charge in [0, 0.05) is 16.3 Å². The zero-order valence-corrected chi connectivity index (χ0v) is 26.7. The van der Waals surface area contributed by atoms with E-state index in [1.165, 1.54) is 65.7 Å². The minimum Gasteiger partial charge on any atom is -0.455 e. The quantitative estimate of drug-likeness (QED) is 0.178. The topological polar surface area (TPSA) is 13.1 Å². The first-order valence-electron chi connectivity index (χ1n) is 16.8. The molecule has 0 aliphatic carbocycles. The highest BCUT2D eigenvalue weighted by atomic mass is 16.3. The molecule has 0 bridgehead atoms. The molecule has 0 aliphatic heterocycles. The number of furan rings is 1. The number of hydrogen-bond acceptors (Lipinski definition) is 1. The maximum Gasteiger partial charge on any atom is 0.143 e. The van der Waals surface area contributed by atoms with Gasteiger partial charge in [-0.25, -0.2) is 0 Å². The SMILES string of the molecule is c1ccc(-c2cccc(-c3c4ccccc4c(-c4cc(-c5ccccc5)c5oc6cc7ccccc7cc6c5c4)c4ccccc34)c2)cc1. The number of benzene rings is 9. The first-order chi connectivity index (χ1) is 24.3. The highest BCUT2D eigenvalue weighted by Crippen LogP contribution is 2.47. The summed E-state index contributed by atoms with van der Waals surface area (Å²) in [7, 11) is 0. The summed E-state index contributed by atoms with van der Waals surface area (Å²) in [5, 5.41) is 9.61. The highest BCUT2D eigenvalue weighted by Gasteiger charge is 2.21. The van der Waals surface area contributed by atoms with E-state index >= 15 is 0 Å². The zero-order chi connectivity index (χ0) is 32.3.